The molecule has 0 spiro atoms. The van der Waals surface area contributed by atoms with Crippen LogP contribution in [0.2, 0.25) is 5.02 Å². The number of aliphatic carboxylic acids is 1. The molecule has 2 nitrogen and oxygen atoms in total. The normalized spacial score (nSPS) is 24.7. The first kappa shape index (κ1) is 9.46. The molecule has 1 N–H and O–H groups in total. The van der Waals surface area contributed by atoms with Gasteiger partial charge in [-0.3, -0.25) is 4.79 Å². The molecule has 0 aliphatic heterocycles. The predicted octanol–water partition coefficient (Wildman–Crippen LogP) is 2.67. The Bertz CT molecular complexity index is 392. The van der Waals surface area contributed by atoms with Gasteiger partial charge < -0.3 is 5.11 Å². The first-order valence-electron chi connectivity index (χ1n) is 4.28. The predicted molar refractivity (Wildman–Crippen MR) is 49.9 cm³/mol. The van der Waals surface area contributed by atoms with Gasteiger partial charge in [0, 0.05) is 5.92 Å². The molecule has 1 aromatic carbocycles. The zero-order valence-corrected chi connectivity index (χ0v) is 7.96. The molecule has 1 aliphatic rings. The second-order valence-electron chi connectivity index (χ2n) is 3.43. The van der Waals surface area contributed by atoms with E-state index < -0.39 is 17.7 Å². The van der Waals surface area contributed by atoms with Crippen LogP contribution in [0, 0.1) is 11.7 Å². The monoisotopic (exact) mass is 214 g/mol. The third-order valence-corrected chi connectivity index (χ3v) is 2.78. The van der Waals surface area contributed by atoms with Gasteiger partial charge in [-0.05, 0) is 18.1 Å². The zero-order chi connectivity index (χ0) is 10.3. The molecule has 4 heteroatoms. The molecule has 0 unspecified atom stereocenters. The molecule has 1 aromatic rings. The number of benzene rings is 1. The van der Waals surface area contributed by atoms with Gasteiger partial charge in [-0.2, -0.15) is 0 Å². The lowest BCUT2D eigenvalue weighted by atomic mass is 10.1. The average molecular weight is 215 g/mol. The molecule has 2 rings (SSSR count). The smallest absolute Gasteiger partial charge is 0.307 e. The first-order chi connectivity index (χ1) is 6.61. The van der Waals surface area contributed by atoms with Crippen molar-refractivity contribution in [3.05, 3.63) is 34.6 Å². The minimum absolute atomic E-state index is 0.0542. The van der Waals surface area contributed by atoms with Crippen LogP contribution in [-0.2, 0) is 4.79 Å². The highest BCUT2D eigenvalue weighted by atomic mass is 35.5. The zero-order valence-electron chi connectivity index (χ0n) is 7.21. The van der Waals surface area contributed by atoms with Gasteiger partial charge in [0.1, 0.15) is 5.82 Å². The topological polar surface area (TPSA) is 37.3 Å². The summed E-state index contributed by atoms with van der Waals surface area (Å²) < 4.78 is 13.4. The van der Waals surface area contributed by atoms with Crippen LogP contribution in [0.1, 0.15) is 17.9 Å². The number of hydrogen-bond acceptors (Lipinski definition) is 1. The van der Waals surface area contributed by atoms with Gasteiger partial charge in [0.2, 0.25) is 0 Å². The van der Waals surface area contributed by atoms with Crippen LogP contribution in [0.15, 0.2) is 18.2 Å². The first-order valence-corrected chi connectivity index (χ1v) is 4.65. The fourth-order valence-corrected chi connectivity index (χ4v) is 1.80. The number of rotatable bonds is 2. The van der Waals surface area contributed by atoms with Gasteiger partial charge in [0.25, 0.3) is 0 Å². The van der Waals surface area contributed by atoms with E-state index in [0.717, 1.165) is 0 Å². The Balaban J connectivity index is 2.27. The average Bonchev–Trinajstić information content (AvgIpc) is 2.89. The molecule has 1 aliphatic carbocycles. The standard InChI is InChI=1S/C10H8ClFO2/c11-8-3-1-2-5(9(8)12)6-4-7(6)10(13)14/h1-3,6-7H,4H2,(H,13,14)/t6-,7+/m1/s1. The van der Waals surface area contributed by atoms with Crippen molar-refractivity contribution in [1.82, 2.24) is 0 Å². The van der Waals surface area contributed by atoms with Gasteiger partial charge in [-0.15, -0.1) is 0 Å². The van der Waals surface area contributed by atoms with Crippen molar-refractivity contribution in [2.24, 2.45) is 5.92 Å². The summed E-state index contributed by atoms with van der Waals surface area (Å²) in [5.74, 6) is -1.99. The largest absolute Gasteiger partial charge is 0.481 e. The van der Waals surface area contributed by atoms with Crippen LogP contribution in [0.3, 0.4) is 0 Å². The number of carboxylic acids is 1. The fourth-order valence-electron chi connectivity index (χ4n) is 1.62. The lowest BCUT2D eigenvalue weighted by molar-refractivity contribution is -0.138. The number of carbonyl (C=O) groups is 1. The van der Waals surface area contributed by atoms with Crippen LogP contribution in [0.5, 0.6) is 0 Å². The summed E-state index contributed by atoms with van der Waals surface area (Å²) >= 11 is 5.59. The third kappa shape index (κ3) is 1.48. The molecule has 0 saturated heterocycles. The Hall–Kier alpha value is -1.09. The summed E-state index contributed by atoms with van der Waals surface area (Å²) in [5, 5.41) is 8.74. The molecule has 0 heterocycles. The quantitative estimate of drug-likeness (QED) is 0.822. The Labute approximate surface area is 85.3 Å². The molecule has 14 heavy (non-hydrogen) atoms. The van der Waals surface area contributed by atoms with Gasteiger partial charge in [0.05, 0.1) is 10.9 Å². The van der Waals surface area contributed by atoms with E-state index in [1.807, 2.05) is 0 Å². The highest BCUT2D eigenvalue weighted by molar-refractivity contribution is 6.30. The molecule has 2 atom stereocenters. The lowest BCUT2D eigenvalue weighted by Gasteiger charge is -2.01. The lowest BCUT2D eigenvalue weighted by Crippen LogP contribution is -2.00. The molecule has 0 amide bonds. The fraction of sp³-hybridized carbons (Fsp3) is 0.300. The third-order valence-electron chi connectivity index (χ3n) is 2.49. The summed E-state index contributed by atoms with van der Waals surface area (Å²) in [4.78, 5) is 10.6. The minimum atomic E-state index is -0.866. The summed E-state index contributed by atoms with van der Waals surface area (Å²) in [6, 6.07) is 4.69. The van der Waals surface area contributed by atoms with E-state index >= 15 is 0 Å². The highest BCUT2D eigenvalue weighted by Gasteiger charge is 2.45. The van der Waals surface area contributed by atoms with Crippen molar-refractivity contribution in [2.45, 2.75) is 12.3 Å². The Morgan fingerprint density at radius 2 is 2.29 bits per heavy atom. The number of halogens is 2. The van der Waals surface area contributed by atoms with E-state index in [9.17, 15) is 9.18 Å². The van der Waals surface area contributed by atoms with Crippen LogP contribution in [0.4, 0.5) is 4.39 Å². The Morgan fingerprint density at radius 3 is 2.86 bits per heavy atom. The van der Waals surface area contributed by atoms with E-state index in [0.29, 0.717) is 12.0 Å². The van der Waals surface area contributed by atoms with E-state index in [1.165, 1.54) is 6.07 Å². The maximum atomic E-state index is 13.4. The van der Waals surface area contributed by atoms with Gasteiger partial charge in [-0.1, -0.05) is 23.7 Å². The van der Waals surface area contributed by atoms with Crippen LogP contribution in [0.25, 0.3) is 0 Å². The molecule has 1 saturated carbocycles. The summed E-state index contributed by atoms with van der Waals surface area (Å²) in [6.45, 7) is 0. The molecular formula is C10H8ClFO2. The van der Waals surface area contributed by atoms with E-state index in [4.69, 9.17) is 16.7 Å². The Morgan fingerprint density at radius 1 is 1.57 bits per heavy atom. The van der Waals surface area contributed by atoms with Gasteiger partial charge in [-0.25, -0.2) is 4.39 Å². The van der Waals surface area contributed by atoms with Gasteiger partial charge >= 0.3 is 5.97 Å². The van der Waals surface area contributed by atoms with Crippen molar-refractivity contribution >= 4 is 17.6 Å². The van der Waals surface area contributed by atoms with Crippen molar-refractivity contribution in [3.63, 3.8) is 0 Å². The molecule has 74 valence electrons. The highest BCUT2D eigenvalue weighted by Crippen LogP contribution is 2.48. The van der Waals surface area contributed by atoms with E-state index in [-0.39, 0.29) is 10.9 Å². The van der Waals surface area contributed by atoms with E-state index in [2.05, 4.69) is 0 Å². The number of hydrogen-bond donors (Lipinski definition) is 1. The van der Waals surface area contributed by atoms with Crippen molar-refractivity contribution < 1.29 is 14.3 Å². The van der Waals surface area contributed by atoms with Crippen LogP contribution in [-0.4, -0.2) is 11.1 Å². The second-order valence-corrected chi connectivity index (χ2v) is 3.84. The SMILES string of the molecule is O=C(O)[C@H]1C[C@@H]1c1cccc(Cl)c1F. The minimum Gasteiger partial charge on any atom is -0.481 e. The van der Waals surface area contributed by atoms with E-state index in [1.54, 1.807) is 12.1 Å². The maximum Gasteiger partial charge on any atom is 0.307 e. The molecule has 0 radical (unpaired) electrons. The summed E-state index contributed by atoms with van der Waals surface area (Å²) in [7, 11) is 0. The van der Waals surface area contributed by atoms with Crippen molar-refractivity contribution in [2.75, 3.05) is 0 Å². The summed E-state index contributed by atoms with van der Waals surface area (Å²) in [6.07, 6.45) is 0.507. The number of carboxylic acid groups (broad SMARTS) is 1. The molecule has 0 bridgehead atoms. The van der Waals surface area contributed by atoms with Crippen molar-refractivity contribution in [3.8, 4) is 0 Å². The maximum absolute atomic E-state index is 13.4. The molecule has 1 fully saturated rings. The molecular weight excluding hydrogens is 207 g/mol. The van der Waals surface area contributed by atoms with Crippen LogP contribution >= 0.6 is 11.6 Å². The van der Waals surface area contributed by atoms with Crippen LogP contribution < -0.4 is 0 Å². The van der Waals surface area contributed by atoms with Gasteiger partial charge in [0.15, 0.2) is 0 Å². The molecule has 0 aromatic heterocycles. The Kier molecular flexibility index (Phi) is 2.19. The van der Waals surface area contributed by atoms with Crippen molar-refractivity contribution in [1.29, 1.82) is 0 Å². The summed E-state index contributed by atoms with van der Waals surface area (Å²) in [5.41, 5.74) is 0.421. The second kappa shape index (κ2) is 3.24.